The molecule has 0 spiro atoms. The third-order valence-electron chi connectivity index (χ3n) is 0.167. The minimum absolute atomic E-state index is 0. The van der Waals surface area contributed by atoms with Crippen LogP contribution >= 0.6 is 0 Å². The maximum absolute atomic E-state index is 3.49. The molecular formula is C3H5AlGa. The zero-order chi connectivity index (χ0) is 3.41. The Morgan fingerprint density at radius 3 is 2.00 bits per heavy atom. The fourth-order valence-corrected chi connectivity index (χ4v) is 0. The van der Waals surface area contributed by atoms with E-state index in [-0.39, 0.29) is 17.4 Å². The fraction of sp³-hybridized carbons (Fsp3) is 0.333. The minimum atomic E-state index is 0. The van der Waals surface area contributed by atoms with Crippen LogP contribution in [0.5, 0.6) is 0 Å². The van der Waals surface area contributed by atoms with Crippen molar-refractivity contribution in [2.45, 2.75) is 4.98 Å². The second-order valence-corrected chi connectivity index (χ2v) is 1.51. The quantitative estimate of drug-likeness (QED) is 0.362. The van der Waals surface area contributed by atoms with Gasteiger partial charge in [0.1, 0.15) is 0 Å². The molecule has 23 valence electrons. The van der Waals surface area contributed by atoms with Crippen LogP contribution in [0.1, 0.15) is 0 Å². The summed E-state index contributed by atoms with van der Waals surface area (Å²) in [7, 11) is 0. The van der Waals surface area contributed by atoms with Gasteiger partial charge in [-0.05, 0) is 0 Å². The Labute approximate surface area is 53.7 Å². The van der Waals surface area contributed by atoms with E-state index < -0.39 is 0 Å². The van der Waals surface area contributed by atoms with Crippen molar-refractivity contribution in [3.63, 3.8) is 0 Å². The zero-order valence-electron chi connectivity index (χ0n) is 3.15. The molecule has 0 saturated carbocycles. The third kappa shape index (κ3) is 11.4. The monoisotopic (exact) mass is 137 g/mol. The molecule has 0 aromatic carbocycles. The number of rotatable bonds is 1. The maximum Gasteiger partial charge on any atom is 0 e. The smallest absolute Gasteiger partial charge is 0 e. The molecule has 0 aromatic heterocycles. The van der Waals surface area contributed by atoms with Gasteiger partial charge in [0.15, 0.2) is 0 Å². The van der Waals surface area contributed by atoms with E-state index in [1.807, 2.05) is 6.08 Å². The summed E-state index contributed by atoms with van der Waals surface area (Å²) in [5.41, 5.74) is 0. The molecule has 0 aliphatic rings. The van der Waals surface area contributed by atoms with Crippen LogP contribution in [0.3, 0.4) is 0 Å². The van der Waals surface area contributed by atoms with E-state index in [0.29, 0.717) is 0 Å². The molecule has 0 nitrogen and oxygen atoms in total. The first-order valence-electron chi connectivity index (χ1n) is 1.22. The molecule has 0 amide bonds. The molecule has 0 unspecified atom stereocenters. The number of hydrogen-bond donors (Lipinski definition) is 0. The van der Waals surface area contributed by atoms with E-state index in [4.69, 9.17) is 0 Å². The van der Waals surface area contributed by atoms with Crippen LogP contribution in [-0.4, -0.2) is 36.0 Å². The van der Waals surface area contributed by atoms with Crippen molar-refractivity contribution in [2.24, 2.45) is 0 Å². The van der Waals surface area contributed by atoms with E-state index in [1.165, 1.54) is 0 Å². The van der Waals surface area contributed by atoms with E-state index >= 15 is 0 Å². The summed E-state index contributed by atoms with van der Waals surface area (Å²) in [6, 6.07) is 0. The molecule has 5 heavy (non-hydrogen) atoms. The Kier molecular flexibility index (Phi) is 16.5. The van der Waals surface area contributed by atoms with Gasteiger partial charge in [0.05, 0.1) is 0 Å². The summed E-state index contributed by atoms with van der Waals surface area (Å²) in [6.07, 6.45) is 1.90. The van der Waals surface area contributed by atoms with Crippen LogP contribution in [0.25, 0.3) is 0 Å². The van der Waals surface area contributed by atoms with Crippen molar-refractivity contribution in [1.82, 2.24) is 0 Å². The number of hydrogen-bond acceptors (Lipinski definition) is 0. The summed E-state index contributed by atoms with van der Waals surface area (Å²) in [5, 5.41) is 0. The first kappa shape index (κ1) is 9.32. The van der Waals surface area contributed by atoms with Gasteiger partial charge < -0.3 is 0 Å². The largest absolute Gasteiger partial charge is 0 e. The average Bonchev–Trinajstić information content (AvgIpc) is 1.37. The molecule has 5 radical (unpaired) electrons. The van der Waals surface area contributed by atoms with Crippen LogP contribution in [0.4, 0.5) is 0 Å². The minimum Gasteiger partial charge on any atom is 0 e. The molecule has 0 aliphatic heterocycles. The van der Waals surface area contributed by atoms with Crippen molar-refractivity contribution < 1.29 is 0 Å². The van der Waals surface area contributed by atoms with E-state index in [2.05, 4.69) is 6.58 Å². The second kappa shape index (κ2) is 8.86. The van der Waals surface area contributed by atoms with E-state index in [0.717, 1.165) is 4.98 Å². The molecule has 0 bridgehead atoms. The van der Waals surface area contributed by atoms with Crippen LogP contribution in [0.15, 0.2) is 12.7 Å². The van der Waals surface area contributed by atoms with Gasteiger partial charge in [-0.3, -0.25) is 0 Å². The van der Waals surface area contributed by atoms with Crippen molar-refractivity contribution in [3.05, 3.63) is 12.7 Å². The predicted molar refractivity (Wildman–Crippen MR) is 26.5 cm³/mol. The molecule has 0 saturated heterocycles. The Balaban J connectivity index is 0. The van der Waals surface area contributed by atoms with Crippen molar-refractivity contribution >= 4 is 36.0 Å². The Morgan fingerprint density at radius 1 is 1.80 bits per heavy atom. The number of allylic oxidation sites excluding steroid dienone is 1. The zero-order valence-corrected chi connectivity index (χ0v) is 6.72. The van der Waals surface area contributed by atoms with Gasteiger partial charge in [0.25, 0.3) is 0 Å². The standard InChI is InChI=1S/C3H5.Al.Ga/c1-3-2;;/h3H,1-2H2;;. The molecule has 0 heterocycles. The van der Waals surface area contributed by atoms with Crippen LogP contribution in [0.2, 0.25) is 4.98 Å². The van der Waals surface area contributed by atoms with E-state index in [9.17, 15) is 0 Å². The topological polar surface area (TPSA) is 0 Å². The van der Waals surface area contributed by atoms with Gasteiger partial charge >= 0.3 is 36.2 Å². The first-order chi connectivity index (χ1) is 1.91. The second-order valence-electron chi connectivity index (χ2n) is 0.524. The van der Waals surface area contributed by atoms with Crippen molar-refractivity contribution in [1.29, 1.82) is 0 Å². The average molecular weight is 138 g/mol. The van der Waals surface area contributed by atoms with Gasteiger partial charge in [0.2, 0.25) is 0 Å². The predicted octanol–water partition coefficient (Wildman–Crippen LogP) is 0.378. The molecule has 0 aromatic rings. The Morgan fingerprint density at radius 2 is 2.00 bits per heavy atom. The van der Waals surface area contributed by atoms with Gasteiger partial charge in [0, 0.05) is 17.4 Å². The molecule has 0 N–H and O–H groups in total. The summed E-state index contributed by atoms with van der Waals surface area (Å²) in [4.78, 5) is 1.15. The fourth-order valence-electron chi connectivity index (χ4n) is 0. The molecule has 0 atom stereocenters. The molecule has 0 aliphatic carbocycles. The van der Waals surface area contributed by atoms with Crippen LogP contribution in [-0.2, 0) is 0 Å². The van der Waals surface area contributed by atoms with Crippen molar-refractivity contribution in [3.8, 4) is 0 Å². The SMILES string of the molecule is C=C[CH2][Ga].[Al]. The molecule has 0 rings (SSSR count). The van der Waals surface area contributed by atoms with Crippen LogP contribution in [0, 0.1) is 0 Å². The maximum atomic E-state index is 3.49. The molecule has 0 fully saturated rings. The summed E-state index contributed by atoms with van der Waals surface area (Å²) < 4.78 is 0. The normalized spacial score (nSPS) is 4.80. The van der Waals surface area contributed by atoms with E-state index in [1.54, 1.807) is 18.6 Å². The van der Waals surface area contributed by atoms with Gasteiger partial charge in [-0.2, -0.15) is 0 Å². The summed E-state index contributed by atoms with van der Waals surface area (Å²) in [6.45, 7) is 3.49. The third-order valence-corrected chi connectivity index (χ3v) is 0.866. The van der Waals surface area contributed by atoms with Crippen molar-refractivity contribution in [2.75, 3.05) is 0 Å². The first-order valence-corrected chi connectivity index (χ1v) is 2.94. The Hall–Kier alpha value is 0.909. The Bertz CT molecular complexity index is 20.9. The van der Waals surface area contributed by atoms with Gasteiger partial charge in [-0.15, -0.1) is 0 Å². The van der Waals surface area contributed by atoms with Gasteiger partial charge in [-0.1, -0.05) is 0 Å². The van der Waals surface area contributed by atoms with Gasteiger partial charge in [-0.25, -0.2) is 0 Å². The summed E-state index contributed by atoms with van der Waals surface area (Å²) in [5.74, 6) is 0. The molecule has 2 heteroatoms. The molecular weight excluding hydrogens is 133 g/mol. The van der Waals surface area contributed by atoms with Crippen LogP contribution < -0.4 is 0 Å². The summed E-state index contributed by atoms with van der Waals surface area (Å²) >= 11 is 1.71.